The van der Waals surface area contributed by atoms with Crippen LogP contribution in [0.5, 0.6) is 0 Å². The minimum absolute atomic E-state index is 0.130. The van der Waals surface area contributed by atoms with Crippen molar-refractivity contribution in [2.75, 3.05) is 27.4 Å². The largest absolute Gasteiger partial charge is 0.394 e. The Morgan fingerprint density at radius 2 is 1.38 bits per heavy atom. The molecule has 0 bridgehead atoms. The average Bonchev–Trinajstić information content (AvgIpc) is 2.54. The highest BCUT2D eigenvalue weighted by Crippen LogP contribution is 2.25. The Hall–Kier alpha value is -0.200. The third kappa shape index (κ3) is 2.00. The summed E-state index contributed by atoms with van der Waals surface area (Å²) in [7, 11) is 3.06. The summed E-state index contributed by atoms with van der Waals surface area (Å²) in [4.78, 5) is 0. The van der Waals surface area contributed by atoms with Crippen LogP contribution in [0.25, 0.3) is 0 Å². The van der Waals surface area contributed by atoms with E-state index in [1.807, 2.05) is 0 Å². The molecule has 4 atom stereocenters. The van der Waals surface area contributed by atoms with Gasteiger partial charge in [-0.05, 0) is 0 Å². The summed E-state index contributed by atoms with van der Waals surface area (Å²) >= 11 is 0. The van der Waals surface area contributed by atoms with Crippen molar-refractivity contribution in [1.82, 2.24) is 0 Å². The fourth-order valence-corrected chi connectivity index (χ4v) is 1.67. The van der Waals surface area contributed by atoms with Gasteiger partial charge < -0.3 is 24.4 Å². The summed E-state index contributed by atoms with van der Waals surface area (Å²) in [6.45, 7) is -0.260. The van der Waals surface area contributed by atoms with E-state index in [1.54, 1.807) is 0 Å². The first kappa shape index (κ1) is 10.9. The summed E-state index contributed by atoms with van der Waals surface area (Å²) in [5, 5.41) is 17.9. The van der Waals surface area contributed by atoms with Gasteiger partial charge in [-0.1, -0.05) is 0 Å². The van der Waals surface area contributed by atoms with Crippen LogP contribution in [0.3, 0.4) is 0 Å². The molecular formula is C8H16O5. The zero-order valence-corrected chi connectivity index (χ0v) is 7.84. The van der Waals surface area contributed by atoms with Crippen LogP contribution >= 0.6 is 0 Å². The Labute approximate surface area is 77.2 Å². The van der Waals surface area contributed by atoms with Gasteiger partial charge in [0.2, 0.25) is 0 Å². The maximum atomic E-state index is 8.95. The number of methoxy groups -OCH3 is 2. The fourth-order valence-electron chi connectivity index (χ4n) is 1.67. The first-order chi connectivity index (χ1) is 6.28. The van der Waals surface area contributed by atoms with E-state index in [0.717, 1.165) is 0 Å². The molecule has 1 fully saturated rings. The molecule has 0 aromatic carbocycles. The Kier molecular flexibility index (Phi) is 4.08. The van der Waals surface area contributed by atoms with E-state index in [2.05, 4.69) is 0 Å². The van der Waals surface area contributed by atoms with Gasteiger partial charge in [-0.25, -0.2) is 0 Å². The normalized spacial score (nSPS) is 39.7. The smallest absolute Gasteiger partial charge is 0.114 e. The highest BCUT2D eigenvalue weighted by Gasteiger charge is 2.44. The molecule has 0 aliphatic carbocycles. The van der Waals surface area contributed by atoms with E-state index >= 15 is 0 Å². The quantitative estimate of drug-likeness (QED) is 0.583. The van der Waals surface area contributed by atoms with Gasteiger partial charge in [-0.3, -0.25) is 0 Å². The molecule has 0 radical (unpaired) electrons. The second kappa shape index (κ2) is 4.88. The fraction of sp³-hybridized carbons (Fsp3) is 1.00. The Morgan fingerprint density at radius 1 is 1.00 bits per heavy atom. The number of aliphatic hydroxyl groups excluding tert-OH is 2. The highest BCUT2D eigenvalue weighted by molar-refractivity contribution is 4.92. The lowest BCUT2D eigenvalue weighted by atomic mass is 10.1. The molecule has 0 aromatic rings. The lowest BCUT2D eigenvalue weighted by Gasteiger charge is -2.19. The van der Waals surface area contributed by atoms with Gasteiger partial charge in [-0.15, -0.1) is 0 Å². The minimum Gasteiger partial charge on any atom is -0.394 e. The number of rotatable bonds is 4. The van der Waals surface area contributed by atoms with Crippen LogP contribution in [0.1, 0.15) is 0 Å². The van der Waals surface area contributed by atoms with Gasteiger partial charge in [0.15, 0.2) is 0 Å². The number of aliphatic hydroxyl groups is 2. The van der Waals surface area contributed by atoms with Crippen molar-refractivity contribution < 1.29 is 24.4 Å². The third-order valence-corrected chi connectivity index (χ3v) is 2.31. The maximum absolute atomic E-state index is 8.95. The predicted octanol–water partition coefficient (Wildman–Crippen LogP) is -1.23. The van der Waals surface area contributed by atoms with Crippen LogP contribution in [0, 0.1) is 0 Å². The molecule has 1 heterocycles. The molecule has 0 amide bonds. The van der Waals surface area contributed by atoms with Gasteiger partial charge in [0.05, 0.1) is 13.2 Å². The molecule has 0 aromatic heterocycles. The van der Waals surface area contributed by atoms with E-state index in [9.17, 15) is 0 Å². The van der Waals surface area contributed by atoms with Crippen molar-refractivity contribution in [3.63, 3.8) is 0 Å². The maximum Gasteiger partial charge on any atom is 0.114 e. The summed E-state index contributed by atoms with van der Waals surface area (Å²) < 4.78 is 15.6. The van der Waals surface area contributed by atoms with Crippen molar-refractivity contribution in [1.29, 1.82) is 0 Å². The molecule has 78 valence electrons. The van der Waals surface area contributed by atoms with Gasteiger partial charge in [0, 0.05) is 14.2 Å². The molecule has 0 spiro atoms. The van der Waals surface area contributed by atoms with Crippen molar-refractivity contribution in [2.24, 2.45) is 0 Å². The molecule has 1 saturated heterocycles. The second-order valence-electron chi connectivity index (χ2n) is 2.98. The highest BCUT2D eigenvalue weighted by atomic mass is 16.6. The summed E-state index contributed by atoms with van der Waals surface area (Å²) in [5.41, 5.74) is 0. The number of ether oxygens (including phenoxy) is 3. The lowest BCUT2D eigenvalue weighted by molar-refractivity contribution is -0.0453. The van der Waals surface area contributed by atoms with E-state index in [-0.39, 0.29) is 25.4 Å². The predicted molar refractivity (Wildman–Crippen MR) is 44.4 cm³/mol. The SMILES string of the molecule is CO[C@H]1[C@H](OC)[C@@H](CO)O[C@H]1CO. The monoisotopic (exact) mass is 192 g/mol. The molecule has 5 nitrogen and oxygen atoms in total. The first-order valence-electron chi connectivity index (χ1n) is 4.21. The van der Waals surface area contributed by atoms with E-state index in [4.69, 9.17) is 24.4 Å². The standard InChI is InChI=1S/C8H16O5/c1-11-7-5(3-9)13-6(4-10)8(7)12-2/h5-10H,3-4H2,1-2H3/t5-,6+,7-,8-/m1/s1. The Balaban J connectivity index is 2.65. The van der Waals surface area contributed by atoms with E-state index in [0.29, 0.717) is 0 Å². The zero-order valence-electron chi connectivity index (χ0n) is 7.84. The molecule has 1 rings (SSSR count). The van der Waals surface area contributed by atoms with Crippen LogP contribution in [0.4, 0.5) is 0 Å². The second-order valence-corrected chi connectivity index (χ2v) is 2.98. The van der Waals surface area contributed by atoms with E-state index in [1.165, 1.54) is 14.2 Å². The van der Waals surface area contributed by atoms with Gasteiger partial charge >= 0.3 is 0 Å². The molecule has 0 unspecified atom stereocenters. The third-order valence-electron chi connectivity index (χ3n) is 2.31. The van der Waals surface area contributed by atoms with Crippen LogP contribution < -0.4 is 0 Å². The van der Waals surface area contributed by atoms with E-state index < -0.39 is 12.2 Å². The summed E-state index contributed by atoms with van der Waals surface area (Å²) in [5.74, 6) is 0. The zero-order chi connectivity index (χ0) is 9.84. The van der Waals surface area contributed by atoms with Crippen molar-refractivity contribution in [2.45, 2.75) is 24.4 Å². The molecule has 2 N–H and O–H groups in total. The average molecular weight is 192 g/mol. The van der Waals surface area contributed by atoms with Crippen molar-refractivity contribution in [3.05, 3.63) is 0 Å². The van der Waals surface area contributed by atoms with Crippen LogP contribution in [0.2, 0.25) is 0 Å². The van der Waals surface area contributed by atoms with Gasteiger partial charge in [0.25, 0.3) is 0 Å². The molecule has 13 heavy (non-hydrogen) atoms. The number of hydrogen-bond acceptors (Lipinski definition) is 5. The van der Waals surface area contributed by atoms with Crippen molar-refractivity contribution in [3.8, 4) is 0 Å². The van der Waals surface area contributed by atoms with Crippen molar-refractivity contribution >= 4 is 0 Å². The summed E-state index contributed by atoms with van der Waals surface area (Å²) in [6.07, 6.45) is -1.45. The molecular weight excluding hydrogens is 176 g/mol. The molecule has 1 aliphatic rings. The lowest BCUT2D eigenvalue weighted by Crippen LogP contribution is -2.38. The summed E-state index contributed by atoms with van der Waals surface area (Å²) in [6, 6.07) is 0. The van der Waals surface area contributed by atoms with Crippen LogP contribution in [-0.2, 0) is 14.2 Å². The minimum atomic E-state index is -0.410. The Bertz CT molecular complexity index is 135. The van der Waals surface area contributed by atoms with Crippen LogP contribution in [-0.4, -0.2) is 62.1 Å². The molecule has 0 saturated carbocycles. The number of hydrogen-bond donors (Lipinski definition) is 2. The molecule has 5 heteroatoms. The van der Waals surface area contributed by atoms with Crippen LogP contribution in [0.15, 0.2) is 0 Å². The molecule has 1 aliphatic heterocycles. The topological polar surface area (TPSA) is 68.2 Å². The van der Waals surface area contributed by atoms with Gasteiger partial charge in [0.1, 0.15) is 24.4 Å². The first-order valence-corrected chi connectivity index (χ1v) is 4.21. The van der Waals surface area contributed by atoms with Gasteiger partial charge in [-0.2, -0.15) is 0 Å². The Morgan fingerprint density at radius 3 is 1.62 bits per heavy atom.